The molecule has 0 saturated carbocycles. The second-order valence-corrected chi connectivity index (χ2v) is 5.76. The third-order valence-electron chi connectivity index (χ3n) is 2.69. The van der Waals surface area contributed by atoms with Gasteiger partial charge in [0.25, 0.3) is 0 Å². The van der Waals surface area contributed by atoms with E-state index >= 15 is 0 Å². The van der Waals surface area contributed by atoms with E-state index in [4.69, 9.17) is 16.7 Å². The summed E-state index contributed by atoms with van der Waals surface area (Å²) in [5, 5.41) is 10.7. The van der Waals surface area contributed by atoms with E-state index in [1.165, 1.54) is 11.3 Å². The third kappa shape index (κ3) is 3.55. The quantitative estimate of drug-likeness (QED) is 0.906. The Hall–Kier alpha value is -1.39. The average molecular weight is 296 g/mol. The highest BCUT2D eigenvalue weighted by Gasteiger charge is 2.16. The van der Waals surface area contributed by atoms with Gasteiger partial charge in [0.1, 0.15) is 4.88 Å². The fourth-order valence-electron chi connectivity index (χ4n) is 1.83. The van der Waals surface area contributed by atoms with Crippen LogP contribution in [0, 0.1) is 0 Å². The number of aryl methyl sites for hydroxylation is 1. The predicted molar refractivity (Wildman–Crippen MR) is 77.3 cm³/mol. The fraction of sp³-hybridized carbons (Fsp3) is 0.286. The van der Waals surface area contributed by atoms with Crippen LogP contribution in [0.4, 0.5) is 0 Å². The molecule has 5 heteroatoms. The Morgan fingerprint density at radius 2 is 2.05 bits per heavy atom. The lowest BCUT2D eigenvalue weighted by Crippen LogP contribution is -1.98. The highest BCUT2D eigenvalue weighted by molar-refractivity contribution is 7.13. The molecule has 0 saturated heterocycles. The van der Waals surface area contributed by atoms with Crippen LogP contribution >= 0.6 is 22.9 Å². The molecule has 1 heterocycles. The van der Waals surface area contributed by atoms with Gasteiger partial charge in [0.15, 0.2) is 0 Å². The molecule has 2 aromatic rings. The Kier molecular flexibility index (Phi) is 4.56. The van der Waals surface area contributed by atoms with Crippen molar-refractivity contribution < 1.29 is 9.90 Å². The number of hydrogen-bond acceptors (Lipinski definition) is 3. The van der Waals surface area contributed by atoms with Crippen LogP contribution in [0.2, 0.25) is 5.02 Å². The van der Waals surface area contributed by atoms with Crippen LogP contribution < -0.4 is 0 Å². The van der Waals surface area contributed by atoms with E-state index in [0.717, 1.165) is 17.0 Å². The SMILES string of the molecule is CCCc1nc(Cc2ccc(Cl)cc2)sc1C(=O)O. The van der Waals surface area contributed by atoms with Gasteiger partial charge in [0, 0.05) is 11.4 Å². The smallest absolute Gasteiger partial charge is 0.347 e. The topological polar surface area (TPSA) is 50.2 Å². The molecule has 3 nitrogen and oxygen atoms in total. The van der Waals surface area contributed by atoms with Gasteiger partial charge in [-0.3, -0.25) is 0 Å². The fourth-order valence-corrected chi connectivity index (χ4v) is 2.94. The van der Waals surface area contributed by atoms with Crippen molar-refractivity contribution in [1.29, 1.82) is 0 Å². The standard InChI is InChI=1S/C14H14ClNO2S/c1-2-3-11-13(14(17)18)19-12(16-11)8-9-4-6-10(15)7-5-9/h4-7H,2-3,8H2,1H3,(H,17,18). The highest BCUT2D eigenvalue weighted by Crippen LogP contribution is 2.23. The van der Waals surface area contributed by atoms with Crippen LogP contribution in [-0.4, -0.2) is 16.1 Å². The van der Waals surface area contributed by atoms with Crippen molar-refractivity contribution in [2.45, 2.75) is 26.2 Å². The number of aromatic carboxylic acids is 1. The van der Waals surface area contributed by atoms with E-state index in [1.807, 2.05) is 31.2 Å². The molecular formula is C14H14ClNO2S. The van der Waals surface area contributed by atoms with E-state index in [0.29, 0.717) is 28.4 Å². The molecule has 0 aliphatic carbocycles. The predicted octanol–water partition coefficient (Wildman–Crippen LogP) is 4.04. The number of aromatic nitrogens is 1. The number of hydrogen-bond donors (Lipinski definition) is 1. The summed E-state index contributed by atoms with van der Waals surface area (Å²) in [6.07, 6.45) is 2.25. The van der Waals surface area contributed by atoms with Crippen LogP contribution in [-0.2, 0) is 12.8 Å². The molecule has 0 amide bonds. The van der Waals surface area contributed by atoms with Gasteiger partial charge in [-0.05, 0) is 24.1 Å². The molecule has 1 N–H and O–H groups in total. The molecule has 100 valence electrons. The molecule has 0 unspecified atom stereocenters. The Morgan fingerprint density at radius 1 is 1.37 bits per heavy atom. The number of carboxylic acid groups (broad SMARTS) is 1. The summed E-state index contributed by atoms with van der Waals surface area (Å²) in [7, 11) is 0. The van der Waals surface area contributed by atoms with Crippen LogP contribution in [0.3, 0.4) is 0 Å². The molecule has 2 rings (SSSR count). The zero-order valence-electron chi connectivity index (χ0n) is 10.5. The molecule has 1 aromatic carbocycles. The number of rotatable bonds is 5. The largest absolute Gasteiger partial charge is 0.477 e. The monoisotopic (exact) mass is 295 g/mol. The minimum atomic E-state index is -0.886. The maximum Gasteiger partial charge on any atom is 0.347 e. The molecule has 1 aromatic heterocycles. The second kappa shape index (κ2) is 6.17. The summed E-state index contributed by atoms with van der Waals surface area (Å²) in [6.45, 7) is 2.02. The Labute approximate surface area is 120 Å². The minimum absolute atomic E-state index is 0.366. The lowest BCUT2D eigenvalue weighted by Gasteiger charge is -1.97. The van der Waals surface area contributed by atoms with Gasteiger partial charge in [-0.2, -0.15) is 0 Å². The number of carbonyl (C=O) groups is 1. The van der Waals surface area contributed by atoms with Crippen LogP contribution in [0.25, 0.3) is 0 Å². The van der Waals surface area contributed by atoms with Crippen molar-refractivity contribution in [1.82, 2.24) is 4.98 Å². The van der Waals surface area contributed by atoms with Gasteiger partial charge in [-0.1, -0.05) is 37.1 Å². The number of carboxylic acids is 1. The van der Waals surface area contributed by atoms with Crippen molar-refractivity contribution >= 4 is 28.9 Å². The Morgan fingerprint density at radius 3 is 2.63 bits per heavy atom. The first-order valence-corrected chi connectivity index (χ1v) is 7.26. The molecule has 0 aliphatic rings. The maximum atomic E-state index is 11.2. The number of halogens is 1. The first-order chi connectivity index (χ1) is 9.10. The van der Waals surface area contributed by atoms with E-state index in [2.05, 4.69) is 4.98 Å². The first-order valence-electron chi connectivity index (χ1n) is 6.06. The Balaban J connectivity index is 2.23. The van der Waals surface area contributed by atoms with Crippen molar-refractivity contribution in [3.8, 4) is 0 Å². The lowest BCUT2D eigenvalue weighted by molar-refractivity contribution is 0.0700. The summed E-state index contributed by atoms with van der Waals surface area (Å²) in [5.74, 6) is -0.886. The maximum absolute atomic E-state index is 11.2. The first kappa shape index (κ1) is 14.0. The van der Waals surface area contributed by atoms with Gasteiger partial charge in [0.2, 0.25) is 0 Å². The summed E-state index contributed by atoms with van der Waals surface area (Å²) < 4.78 is 0. The molecule has 0 aliphatic heterocycles. The van der Waals surface area contributed by atoms with Crippen LogP contribution in [0.15, 0.2) is 24.3 Å². The minimum Gasteiger partial charge on any atom is -0.477 e. The third-order valence-corrected chi connectivity index (χ3v) is 4.03. The van der Waals surface area contributed by atoms with E-state index in [9.17, 15) is 4.79 Å². The highest BCUT2D eigenvalue weighted by atomic mass is 35.5. The number of nitrogens with zero attached hydrogens (tertiary/aromatic N) is 1. The van der Waals surface area contributed by atoms with Crippen LogP contribution in [0.5, 0.6) is 0 Å². The van der Waals surface area contributed by atoms with Crippen molar-refractivity contribution in [2.24, 2.45) is 0 Å². The number of thiazole rings is 1. The Bertz CT molecular complexity index is 578. The zero-order valence-corrected chi connectivity index (χ0v) is 12.1. The molecule has 0 radical (unpaired) electrons. The van der Waals surface area contributed by atoms with Crippen molar-refractivity contribution in [2.75, 3.05) is 0 Å². The normalized spacial score (nSPS) is 10.6. The van der Waals surface area contributed by atoms with Crippen LogP contribution in [0.1, 0.15) is 39.3 Å². The molecule has 0 spiro atoms. The summed E-state index contributed by atoms with van der Waals surface area (Å²) >= 11 is 7.10. The second-order valence-electron chi connectivity index (χ2n) is 4.24. The molecular weight excluding hydrogens is 282 g/mol. The molecule has 0 atom stereocenters. The molecule has 19 heavy (non-hydrogen) atoms. The van der Waals surface area contributed by atoms with Gasteiger partial charge in [-0.15, -0.1) is 11.3 Å². The van der Waals surface area contributed by atoms with Gasteiger partial charge < -0.3 is 5.11 Å². The van der Waals surface area contributed by atoms with Gasteiger partial charge >= 0.3 is 5.97 Å². The molecule has 0 fully saturated rings. The van der Waals surface area contributed by atoms with E-state index < -0.39 is 5.97 Å². The van der Waals surface area contributed by atoms with E-state index in [1.54, 1.807) is 0 Å². The van der Waals surface area contributed by atoms with Gasteiger partial charge in [-0.25, -0.2) is 9.78 Å². The summed E-state index contributed by atoms with van der Waals surface area (Å²) in [5.41, 5.74) is 1.78. The van der Waals surface area contributed by atoms with Gasteiger partial charge in [0.05, 0.1) is 10.7 Å². The molecule has 0 bridgehead atoms. The number of benzene rings is 1. The van der Waals surface area contributed by atoms with Crippen molar-refractivity contribution in [3.63, 3.8) is 0 Å². The van der Waals surface area contributed by atoms with E-state index in [-0.39, 0.29) is 0 Å². The summed E-state index contributed by atoms with van der Waals surface area (Å²) in [6, 6.07) is 7.53. The lowest BCUT2D eigenvalue weighted by atomic mass is 10.1. The van der Waals surface area contributed by atoms with Crippen molar-refractivity contribution in [3.05, 3.63) is 50.4 Å². The zero-order chi connectivity index (χ0) is 13.8. The summed E-state index contributed by atoms with van der Waals surface area (Å²) in [4.78, 5) is 16.0. The average Bonchev–Trinajstić information content (AvgIpc) is 2.76.